The first-order chi connectivity index (χ1) is 11.3. The van der Waals surface area contributed by atoms with Gasteiger partial charge in [-0.1, -0.05) is 48.0 Å². The van der Waals surface area contributed by atoms with E-state index in [-0.39, 0.29) is 12.4 Å². The molecule has 0 saturated carbocycles. The Morgan fingerprint density at radius 3 is 2.46 bits per heavy atom. The van der Waals surface area contributed by atoms with Crippen LogP contribution in [0.4, 0.5) is 0 Å². The third kappa shape index (κ3) is 5.31. The van der Waals surface area contributed by atoms with Gasteiger partial charge in [0.2, 0.25) is 0 Å². The Labute approximate surface area is 153 Å². The van der Waals surface area contributed by atoms with E-state index in [1.807, 2.05) is 60.7 Å². The van der Waals surface area contributed by atoms with Gasteiger partial charge in [0.1, 0.15) is 18.1 Å². The summed E-state index contributed by atoms with van der Waals surface area (Å²) < 4.78 is 11.1. The normalized spacial score (nSPS) is 10.2. The molecular formula is C19H19Cl2NO2. The number of hydrogen-bond acceptors (Lipinski definition) is 3. The molecule has 0 bridgehead atoms. The van der Waals surface area contributed by atoms with E-state index in [4.69, 9.17) is 20.8 Å². The molecule has 1 aromatic heterocycles. The summed E-state index contributed by atoms with van der Waals surface area (Å²) in [6.45, 7) is 1.92. The van der Waals surface area contributed by atoms with Crippen LogP contribution >= 0.6 is 24.0 Å². The highest BCUT2D eigenvalue weighted by atomic mass is 35.5. The van der Waals surface area contributed by atoms with Crippen LogP contribution in [0.3, 0.4) is 0 Å². The molecule has 1 N–H and O–H groups in total. The summed E-state index contributed by atoms with van der Waals surface area (Å²) in [4.78, 5) is 0. The largest absolute Gasteiger partial charge is 0.487 e. The molecule has 0 saturated heterocycles. The zero-order valence-electron chi connectivity index (χ0n) is 13.1. The first-order valence-electron chi connectivity index (χ1n) is 7.49. The standard InChI is InChI=1S/C19H18ClNO2.ClH/c20-18-11-16(12-21-13-17-7-4-10-22-17)8-9-19(18)23-14-15-5-2-1-3-6-15;/h1-11,21H,12-14H2;1H. The second-order valence-electron chi connectivity index (χ2n) is 5.22. The zero-order chi connectivity index (χ0) is 15.9. The van der Waals surface area contributed by atoms with Gasteiger partial charge in [0, 0.05) is 6.54 Å². The molecule has 2 aromatic carbocycles. The first-order valence-corrected chi connectivity index (χ1v) is 7.87. The Hall–Kier alpha value is -1.94. The highest BCUT2D eigenvalue weighted by molar-refractivity contribution is 6.32. The molecule has 0 fully saturated rings. The lowest BCUT2D eigenvalue weighted by atomic mass is 10.2. The molecule has 1 heterocycles. The number of ether oxygens (including phenoxy) is 1. The topological polar surface area (TPSA) is 34.4 Å². The van der Waals surface area contributed by atoms with Crippen molar-refractivity contribution < 1.29 is 9.15 Å². The Kier molecular flexibility index (Phi) is 7.19. The van der Waals surface area contributed by atoms with Crippen LogP contribution in [0.2, 0.25) is 5.02 Å². The van der Waals surface area contributed by atoms with Crippen molar-refractivity contribution in [1.82, 2.24) is 5.32 Å². The summed E-state index contributed by atoms with van der Waals surface area (Å²) >= 11 is 6.30. The van der Waals surface area contributed by atoms with Crippen LogP contribution in [0.1, 0.15) is 16.9 Å². The van der Waals surface area contributed by atoms with Crippen LogP contribution in [0.5, 0.6) is 5.75 Å². The molecular weight excluding hydrogens is 345 g/mol. The van der Waals surface area contributed by atoms with E-state index in [1.165, 1.54) is 0 Å². The maximum absolute atomic E-state index is 6.30. The summed E-state index contributed by atoms with van der Waals surface area (Å²) in [6, 6.07) is 19.7. The number of hydrogen-bond donors (Lipinski definition) is 1. The van der Waals surface area contributed by atoms with E-state index in [2.05, 4.69) is 5.32 Å². The van der Waals surface area contributed by atoms with Crippen molar-refractivity contribution >= 4 is 24.0 Å². The van der Waals surface area contributed by atoms with E-state index in [9.17, 15) is 0 Å². The van der Waals surface area contributed by atoms with Gasteiger partial charge in [-0.25, -0.2) is 0 Å². The fourth-order valence-corrected chi connectivity index (χ4v) is 2.51. The molecule has 3 rings (SSSR count). The number of halogens is 2. The third-order valence-electron chi connectivity index (χ3n) is 3.44. The van der Waals surface area contributed by atoms with Gasteiger partial charge < -0.3 is 14.5 Å². The predicted octanol–water partition coefficient (Wildman–Crippen LogP) is 5.22. The monoisotopic (exact) mass is 363 g/mol. The number of furan rings is 1. The Bertz CT molecular complexity index is 730. The van der Waals surface area contributed by atoms with Crippen molar-refractivity contribution in [3.05, 3.63) is 88.8 Å². The van der Waals surface area contributed by atoms with Gasteiger partial charge in [-0.2, -0.15) is 0 Å². The van der Waals surface area contributed by atoms with Crippen LogP contribution in [0, 0.1) is 0 Å². The maximum atomic E-state index is 6.30. The Morgan fingerprint density at radius 2 is 1.75 bits per heavy atom. The molecule has 0 radical (unpaired) electrons. The number of benzene rings is 2. The first kappa shape index (κ1) is 18.4. The number of rotatable bonds is 7. The van der Waals surface area contributed by atoms with Gasteiger partial charge in [0.15, 0.2) is 0 Å². The van der Waals surface area contributed by atoms with E-state index < -0.39 is 0 Å². The van der Waals surface area contributed by atoms with Crippen molar-refractivity contribution in [1.29, 1.82) is 0 Å². The fourth-order valence-electron chi connectivity index (χ4n) is 2.25. The maximum Gasteiger partial charge on any atom is 0.138 e. The average molecular weight is 364 g/mol. The zero-order valence-corrected chi connectivity index (χ0v) is 14.6. The molecule has 3 aromatic rings. The van der Waals surface area contributed by atoms with Gasteiger partial charge in [-0.15, -0.1) is 12.4 Å². The molecule has 3 nitrogen and oxygen atoms in total. The highest BCUT2D eigenvalue weighted by Crippen LogP contribution is 2.26. The minimum atomic E-state index is 0. The van der Waals surface area contributed by atoms with Crippen molar-refractivity contribution in [2.75, 3.05) is 0 Å². The van der Waals surface area contributed by atoms with Crippen molar-refractivity contribution in [2.24, 2.45) is 0 Å². The van der Waals surface area contributed by atoms with Crippen molar-refractivity contribution in [2.45, 2.75) is 19.7 Å². The minimum absolute atomic E-state index is 0. The quantitative estimate of drug-likeness (QED) is 0.624. The summed E-state index contributed by atoms with van der Waals surface area (Å²) in [5.41, 5.74) is 2.22. The Balaban J connectivity index is 0.00000208. The van der Waals surface area contributed by atoms with Crippen LogP contribution in [-0.2, 0) is 19.7 Å². The predicted molar refractivity (Wildman–Crippen MR) is 98.7 cm³/mol. The summed E-state index contributed by atoms with van der Waals surface area (Å²) in [7, 11) is 0. The van der Waals surface area contributed by atoms with Crippen molar-refractivity contribution in [3.8, 4) is 5.75 Å². The lowest BCUT2D eigenvalue weighted by Gasteiger charge is -2.10. The fraction of sp³-hybridized carbons (Fsp3) is 0.158. The highest BCUT2D eigenvalue weighted by Gasteiger charge is 2.04. The molecule has 0 aliphatic carbocycles. The van der Waals surface area contributed by atoms with Crippen LogP contribution < -0.4 is 10.1 Å². The van der Waals surface area contributed by atoms with Gasteiger partial charge in [-0.05, 0) is 35.4 Å². The smallest absolute Gasteiger partial charge is 0.138 e. The minimum Gasteiger partial charge on any atom is -0.487 e. The van der Waals surface area contributed by atoms with Crippen LogP contribution in [0.15, 0.2) is 71.3 Å². The third-order valence-corrected chi connectivity index (χ3v) is 3.74. The van der Waals surface area contributed by atoms with Crippen molar-refractivity contribution in [3.63, 3.8) is 0 Å². The van der Waals surface area contributed by atoms with Gasteiger partial charge in [0.05, 0.1) is 17.8 Å². The van der Waals surface area contributed by atoms with E-state index >= 15 is 0 Å². The SMILES string of the molecule is Cl.Clc1cc(CNCc2ccco2)ccc1OCc1ccccc1. The molecule has 24 heavy (non-hydrogen) atoms. The lowest BCUT2D eigenvalue weighted by Crippen LogP contribution is -2.12. The molecule has 5 heteroatoms. The lowest BCUT2D eigenvalue weighted by molar-refractivity contribution is 0.306. The molecule has 0 atom stereocenters. The van der Waals surface area contributed by atoms with Gasteiger partial charge in [0.25, 0.3) is 0 Å². The summed E-state index contributed by atoms with van der Waals surface area (Å²) in [5, 5.41) is 3.94. The van der Waals surface area contributed by atoms with E-state index in [1.54, 1.807) is 6.26 Å². The molecule has 0 amide bonds. The molecule has 0 aliphatic heterocycles. The molecule has 126 valence electrons. The van der Waals surface area contributed by atoms with E-state index in [0.717, 1.165) is 23.4 Å². The second-order valence-corrected chi connectivity index (χ2v) is 5.63. The van der Waals surface area contributed by atoms with Gasteiger partial charge in [-0.3, -0.25) is 0 Å². The number of nitrogens with one attached hydrogen (secondary N) is 1. The summed E-state index contributed by atoms with van der Waals surface area (Å²) in [6.07, 6.45) is 1.67. The van der Waals surface area contributed by atoms with E-state index in [0.29, 0.717) is 23.9 Å². The van der Waals surface area contributed by atoms with Crippen LogP contribution in [0.25, 0.3) is 0 Å². The van der Waals surface area contributed by atoms with Crippen LogP contribution in [-0.4, -0.2) is 0 Å². The average Bonchev–Trinajstić information content (AvgIpc) is 3.08. The molecule has 0 aliphatic rings. The molecule has 0 unspecified atom stereocenters. The summed E-state index contributed by atoms with van der Waals surface area (Å²) in [5.74, 6) is 1.62. The second kappa shape index (κ2) is 9.38. The molecule has 0 spiro atoms. The van der Waals surface area contributed by atoms with Gasteiger partial charge >= 0.3 is 0 Å². The Morgan fingerprint density at radius 1 is 0.917 bits per heavy atom.